The molecule has 0 rings (SSSR count). The van der Waals surface area contributed by atoms with Crippen LogP contribution in [-0.4, -0.2) is 52.5 Å². The van der Waals surface area contributed by atoms with Crippen molar-refractivity contribution >= 4 is 27.3 Å². The van der Waals surface area contributed by atoms with E-state index >= 15 is 0 Å². The van der Waals surface area contributed by atoms with Crippen molar-refractivity contribution in [2.45, 2.75) is 39.4 Å². The van der Waals surface area contributed by atoms with Crippen LogP contribution < -0.4 is 4.13 Å². The van der Waals surface area contributed by atoms with Gasteiger partial charge in [-0.3, -0.25) is 0 Å². The number of halogens is 2. The molecule has 0 unspecified atom stereocenters. The lowest BCUT2D eigenvalue weighted by Crippen LogP contribution is -2.42. The molecule has 0 aromatic heterocycles. The summed E-state index contributed by atoms with van der Waals surface area (Å²) in [4.78, 5) is 0. The molecule has 0 atom stereocenters. The van der Waals surface area contributed by atoms with Gasteiger partial charge in [-0.1, -0.05) is 0 Å². The van der Waals surface area contributed by atoms with Crippen molar-refractivity contribution < 1.29 is 25.6 Å². The van der Waals surface area contributed by atoms with Crippen molar-refractivity contribution in [2.75, 3.05) is 30.4 Å². The minimum atomic E-state index is -5.20. The maximum Gasteiger partial charge on any atom is 0.357 e. The van der Waals surface area contributed by atoms with Gasteiger partial charge in [-0.25, -0.2) is 16.8 Å². The fourth-order valence-electron chi connectivity index (χ4n) is 2.02. The third-order valence-corrected chi connectivity index (χ3v) is 12.7. The molecule has 0 aliphatic carbocycles. The SMILES string of the molecule is CC[P+](CC)(CC)CCCS(=O)(=O)NS(=O)(=O)C(C)(F)F. The molecule has 0 radical (unpaired) electrons. The minimum Gasteiger partial charge on any atom is -0.211 e. The van der Waals surface area contributed by atoms with Crippen LogP contribution in [0.15, 0.2) is 0 Å². The van der Waals surface area contributed by atoms with Gasteiger partial charge in [-0.2, -0.15) is 8.78 Å². The van der Waals surface area contributed by atoms with Gasteiger partial charge in [-0.05, 0) is 27.2 Å². The summed E-state index contributed by atoms with van der Waals surface area (Å²) in [6.07, 6.45) is 4.00. The van der Waals surface area contributed by atoms with E-state index in [2.05, 4.69) is 20.8 Å². The number of hydrogen-bond donors (Lipinski definition) is 1. The second kappa shape index (κ2) is 7.62. The van der Waals surface area contributed by atoms with Crippen LogP contribution in [0.1, 0.15) is 34.1 Å². The molecule has 0 aliphatic rings. The molecule has 128 valence electrons. The minimum absolute atomic E-state index is 0.145. The van der Waals surface area contributed by atoms with E-state index in [4.69, 9.17) is 0 Å². The average molecular weight is 368 g/mol. The van der Waals surface area contributed by atoms with E-state index in [0.29, 0.717) is 0 Å². The molecule has 10 heteroatoms. The van der Waals surface area contributed by atoms with Crippen LogP contribution in [0.4, 0.5) is 8.78 Å². The van der Waals surface area contributed by atoms with E-state index in [9.17, 15) is 25.6 Å². The van der Waals surface area contributed by atoms with Crippen LogP contribution in [0.5, 0.6) is 0 Å². The van der Waals surface area contributed by atoms with Gasteiger partial charge in [0.1, 0.15) is 0 Å². The molecule has 0 heterocycles. The third-order valence-electron chi connectivity index (χ3n) is 3.77. The molecule has 1 N–H and O–H groups in total. The summed E-state index contributed by atoms with van der Waals surface area (Å²) in [5.41, 5.74) is 0. The average Bonchev–Trinajstić information content (AvgIpc) is 2.32. The lowest BCUT2D eigenvalue weighted by atomic mass is 10.6. The number of nitrogens with one attached hydrogen (secondary N) is 1. The summed E-state index contributed by atoms with van der Waals surface area (Å²) in [6, 6.07) is 0. The van der Waals surface area contributed by atoms with Crippen molar-refractivity contribution in [3.63, 3.8) is 0 Å². The maximum absolute atomic E-state index is 12.8. The number of hydrogen-bond acceptors (Lipinski definition) is 4. The van der Waals surface area contributed by atoms with Crippen LogP contribution in [0.25, 0.3) is 0 Å². The fraction of sp³-hybridized carbons (Fsp3) is 1.00. The molecule has 0 saturated heterocycles. The summed E-state index contributed by atoms with van der Waals surface area (Å²) in [5, 5.41) is -4.13. The van der Waals surface area contributed by atoms with Gasteiger partial charge in [0.25, 0.3) is 10.0 Å². The van der Waals surface area contributed by atoms with Crippen molar-refractivity contribution in [2.24, 2.45) is 0 Å². The smallest absolute Gasteiger partial charge is 0.211 e. The molecule has 0 fully saturated rings. The molecule has 0 amide bonds. The Hall–Kier alpha value is 0.150. The molecule has 0 aromatic carbocycles. The van der Waals surface area contributed by atoms with E-state index in [0.717, 1.165) is 28.8 Å². The highest BCUT2D eigenvalue weighted by Gasteiger charge is 2.42. The van der Waals surface area contributed by atoms with Crippen LogP contribution >= 0.6 is 7.26 Å². The number of rotatable bonds is 10. The van der Waals surface area contributed by atoms with Crippen LogP contribution in [0, 0.1) is 0 Å². The zero-order valence-corrected chi connectivity index (χ0v) is 15.4. The highest BCUT2D eigenvalue weighted by Crippen LogP contribution is 2.58. The van der Waals surface area contributed by atoms with Crippen LogP contribution in [0.3, 0.4) is 0 Å². The summed E-state index contributed by atoms with van der Waals surface area (Å²) in [6.45, 7) is 6.34. The molecule has 0 bridgehead atoms. The number of sulfonamides is 2. The first kappa shape index (κ1) is 21.1. The second-order valence-corrected chi connectivity index (χ2v) is 14.1. The molecule has 21 heavy (non-hydrogen) atoms. The van der Waals surface area contributed by atoms with Gasteiger partial charge in [0.05, 0.1) is 30.4 Å². The first-order chi connectivity index (χ1) is 9.35. The Morgan fingerprint density at radius 3 is 1.76 bits per heavy atom. The van der Waals surface area contributed by atoms with Crippen molar-refractivity contribution in [1.82, 2.24) is 4.13 Å². The Morgan fingerprint density at radius 2 is 1.43 bits per heavy atom. The van der Waals surface area contributed by atoms with Gasteiger partial charge >= 0.3 is 5.25 Å². The molecule has 0 spiro atoms. The normalized spacial score (nSPS) is 14.4. The summed E-state index contributed by atoms with van der Waals surface area (Å²) in [5.74, 6) is -0.454. The monoisotopic (exact) mass is 368 g/mol. The molecule has 0 aromatic rings. The van der Waals surface area contributed by atoms with Crippen molar-refractivity contribution in [1.29, 1.82) is 0 Å². The molecule has 0 saturated carbocycles. The maximum atomic E-state index is 12.8. The zero-order chi connectivity index (χ0) is 16.9. The van der Waals surface area contributed by atoms with Gasteiger partial charge in [0, 0.05) is 14.2 Å². The van der Waals surface area contributed by atoms with E-state index in [1.54, 1.807) is 0 Å². The Morgan fingerprint density at radius 1 is 1.00 bits per heavy atom. The molecule has 5 nitrogen and oxygen atoms in total. The lowest BCUT2D eigenvalue weighted by Gasteiger charge is -2.23. The Balaban J connectivity index is 4.74. The fourth-order valence-corrected chi connectivity index (χ4v) is 8.13. The van der Waals surface area contributed by atoms with E-state index in [1.165, 1.54) is 0 Å². The van der Waals surface area contributed by atoms with E-state index in [1.807, 2.05) is 0 Å². The Bertz CT molecular complexity index is 517. The van der Waals surface area contributed by atoms with Gasteiger partial charge in [0.15, 0.2) is 0 Å². The van der Waals surface area contributed by atoms with Gasteiger partial charge in [-0.15, -0.1) is 4.13 Å². The predicted octanol–water partition coefficient (Wildman–Crippen LogP) is 2.32. The van der Waals surface area contributed by atoms with Crippen molar-refractivity contribution in [3.05, 3.63) is 0 Å². The third kappa shape index (κ3) is 6.42. The molecular formula is C11H25F2NO4PS2+. The first-order valence-corrected chi connectivity index (χ1v) is 12.5. The number of alkyl halides is 2. The topological polar surface area (TPSA) is 80.3 Å². The Kier molecular flexibility index (Phi) is 7.67. The van der Waals surface area contributed by atoms with Crippen LogP contribution in [0.2, 0.25) is 0 Å². The summed E-state index contributed by atoms with van der Waals surface area (Å²) >= 11 is 0. The van der Waals surface area contributed by atoms with E-state index in [-0.39, 0.29) is 13.3 Å². The lowest BCUT2D eigenvalue weighted by molar-refractivity contribution is 0.113. The van der Waals surface area contributed by atoms with Gasteiger partial charge in [0.2, 0.25) is 10.0 Å². The summed E-state index contributed by atoms with van der Waals surface area (Å²) < 4.78 is 72.3. The molecule has 0 aliphatic heterocycles. The summed E-state index contributed by atoms with van der Waals surface area (Å²) in [7, 11) is -10.7. The quantitative estimate of drug-likeness (QED) is 0.600. The zero-order valence-electron chi connectivity index (χ0n) is 12.9. The largest absolute Gasteiger partial charge is 0.357 e. The van der Waals surface area contributed by atoms with E-state index < -0.39 is 38.3 Å². The first-order valence-electron chi connectivity index (χ1n) is 6.83. The van der Waals surface area contributed by atoms with Crippen LogP contribution in [-0.2, 0) is 20.0 Å². The van der Waals surface area contributed by atoms with Crippen molar-refractivity contribution in [3.8, 4) is 0 Å². The van der Waals surface area contributed by atoms with Gasteiger partial charge < -0.3 is 0 Å². The standard InChI is InChI=1S/C11H25F2NO4PS2/c1-5-19(6-2,7-3)9-8-10-20(15,16)14-21(17,18)11(4,12)13/h14H,5-10H2,1-4H3/q+1. The highest BCUT2D eigenvalue weighted by molar-refractivity contribution is 8.05. The second-order valence-electron chi connectivity index (χ2n) is 5.08. The Labute approximate surface area is 127 Å². The predicted molar refractivity (Wildman–Crippen MR) is 84.5 cm³/mol. The highest BCUT2D eigenvalue weighted by atomic mass is 32.3. The molecular weight excluding hydrogens is 343 g/mol.